The second-order valence-electron chi connectivity index (χ2n) is 10.1. The van der Waals surface area contributed by atoms with Gasteiger partial charge in [-0.3, -0.25) is 0 Å². The van der Waals surface area contributed by atoms with Gasteiger partial charge in [0.2, 0.25) is 6.79 Å². The van der Waals surface area contributed by atoms with Crippen LogP contribution in [0, 0.1) is 23.7 Å². The lowest BCUT2D eigenvalue weighted by Crippen LogP contribution is -2.43. The van der Waals surface area contributed by atoms with Gasteiger partial charge in [-0.1, -0.05) is 24.3 Å². The largest absolute Gasteiger partial charge is 0.462 e. The molecule has 172 valence electrons. The van der Waals surface area contributed by atoms with E-state index in [4.69, 9.17) is 14.2 Å². The Morgan fingerprint density at radius 2 is 1.70 bits per heavy atom. The zero-order chi connectivity index (χ0) is 22.5. The van der Waals surface area contributed by atoms with Gasteiger partial charge in [0.25, 0.3) is 0 Å². The first-order chi connectivity index (χ1) is 16.1. The fourth-order valence-electron chi connectivity index (χ4n) is 7.06. The first kappa shape index (κ1) is 21.3. The maximum absolute atomic E-state index is 11.9. The molecule has 4 nitrogen and oxygen atoms in total. The highest BCUT2D eigenvalue weighted by atomic mass is 79.9. The lowest BCUT2D eigenvalue weighted by atomic mass is 9.50. The molecule has 0 amide bonds. The summed E-state index contributed by atoms with van der Waals surface area (Å²) >= 11 is 3.32. The summed E-state index contributed by atoms with van der Waals surface area (Å²) in [5.41, 5.74) is 4.62. The van der Waals surface area contributed by atoms with Gasteiger partial charge in [-0.15, -0.1) is 0 Å². The first-order valence-electron chi connectivity index (χ1n) is 12.2. The van der Waals surface area contributed by atoms with Gasteiger partial charge in [-0.25, -0.2) is 4.79 Å². The molecule has 4 bridgehead atoms. The summed E-state index contributed by atoms with van der Waals surface area (Å²) in [4.78, 5) is 11.9. The number of hydrogen-bond donors (Lipinski definition) is 0. The molecule has 0 saturated heterocycles. The normalized spacial score (nSPS) is 29.4. The zero-order valence-corrected chi connectivity index (χ0v) is 20.5. The predicted octanol–water partition coefficient (Wildman–Crippen LogP) is 6.92. The van der Waals surface area contributed by atoms with Crippen molar-refractivity contribution in [2.45, 2.75) is 44.9 Å². The number of rotatable bonds is 5. The zero-order valence-electron chi connectivity index (χ0n) is 18.9. The summed E-state index contributed by atoms with van der Waals surface area (Å²) in [6.45, 7) is 2.47. The summed E-state index contributed by atoms with van der Waals surface area (Å²) in [6.07, 6.45) is 8.79. The van der Waals surface area contributed by atoms with Crippen LogP contribution >= 0.6 is 15.9 Å². The van der Waals surface area contributed by atoms with E-state index in [-0.39, 0.29) is 5.97 Å². The number of carbonyl (C=O) groups excluding carboxylic acids is 1. The molecule has 0 spiro atoms. The SMILES string of the molecule is CCOC(=O)C(Br)=Cc1ccc(-c2cc3c(c(C4C5CC6CC(C5)CC4C6)c2)OCO3)cc1. The van der Waals surface area contributed by atoms with Gasteiger partial charge in [0, 0.05) is 5.56 Å². The van der Waals surface area contributed by atoms with Crippen LogP contribution in [-0.4, -0.2) is 19.4 Å². The number of esters is 1. The average Bonchev–Trinajstić information content (AvgIpc) is 3.28. The molecule has 1 heterocycles. The Hall–Kier alpha value is -2.27. The molecule has 4 saturated carbocycles. The lowest BCUT2D eigenvalue weighted by molar-refractivity contribution is -0.137. The average molecular weight is 509 g/mol. The van der Waals surface area contributed by atoms with Crippen LogP contribution in [0.3, 0.4) is 0 Å². The van der Waals surface area contributed by atoms with Crippen LogP contribution in [0.25, 0.3) is 17.2 Å². The molecule has 5 aliphatic rings. The Bertz CT molecular complexity index is 1080. The summed E-state index contributed by atoms with van der Waals surface area (Å²) in [6, 6.07) is 12.7. The van der Waals surface area contributed by atoms with E-state index >= 15 is 0 Å². The van der Waals surface area contributed by atoms with Gasteiger partial charge >= 0.3 is 5.97 Å². The third-order valence-corrected chi connectivity index (χ3v) is 8.65. The van der Waals surface area contributed by atoms with Crippen molar-refractivity contribution in [1.29, 1.82) is 0 Å². The maximum atomic E-state index is 11.9. The van der Waals surface area contributed by atoms with Gasteiger partial charge in [-0.2, -0.15) is 0 Å². The minimum absolute atomic E-state index is 0.310. The molecule has 2 aromatic carbocycles. The van der Waals surface area contributed by atoms with Crippen molar-refractivity contribution in [2.75, 3.05) is 13.4 Å². The second-order valence-corrected chi connectivity index (χ2v) is 10.9. The van der Waals surface area contributed by atoms with Gasteiger partial charge in [0.15, 0.2) is 11.5 Å². The molecule has 0 aromatic heterocycles. The van der Waals surface area contributed by atoms with Gasteiger partial charge < -0.3 is 14.2 Å². The third-order valence-electron chi connectivity index (χ3n) is 8.09. The molecular formula is C28H29BrO4. The van der Waals surface area contributed by atoms with Crippen molar-refractivity contribution in [3.8, 4) is 22.6 Å². The molecule has 0 N–H and O–H groups in total. The number of hydrogen-bond acceptors (Lipinski definition) is 4. The molecule has 0 atom stereocenters. The molecule has 33 heavy (non-hydrogen) atoms. The molecule has 4 aliphatic carbocycles. The van der Waals surface area contributed by atoms with Crippen LogP contribution in [0.1, 0.15) is 56.1 Å². The van der Waals surface area contributed by atoms with Gasteiger partial charge in [0.1, 0.15) is 4.48 Å². The molecule has 0 unspecified atom stereocenters. The summed E-state index contributed by atoms with van der Waals surface area (Å²) < 4.78 is 17.3. The molecule has 2 aromatic rings. The standard InChI is InChI=1S/C28H29BrO4/c1-2-31-28(30)24(29)12-16-3-5-19(6-4-16)20-13-23(27-25(14-20)32-15-33-27)26-21-8-17-7-18(10-21)11-22(26)9-17/h3-6,12-14,17-18,21-22,26H,2,7-11,15H2,1H3. The van der Waals surface area contributed by atoms with Crippen molar-refractivity contribution in [3.05, 3.63) is 52.0 Å². The van der Waals surface area contributed by atoms with E-state index in [0.717, 1.165) is 46.3 Å². The lowest BCUT2D eigenvalue weighted by Gasteiger charge is -2.54. The van der Waals surface area contributed by atoms with Crippen LogP contribution in [0.5, 0.6) is 11.5 Å². The van der Waals surface area contributed by atoms with E-state index in [9.17, 15) is 4.79 Å². The number of halogens is 1. The maximum Gasteiger partial charge on any atom is 0.345 e. The van der Waals surface area contributed by atoms with Crippen molar-refractivity contribution >= 4 is 28.0 Å². The van der Waals surface area contributed by atoms with Crippen LogP contribution in [0.15, 0.2) is 40.9 Å². The quantitative estimate of drug-likeness (QED) is 0.324. The first-order valence-corrected chi connectivity index (χ1v) is 13.0. The molecule has 7 rings (SSSR count). The smallest absolute Gasteiger partial charge is 0.345 e. The monoisotopic (exact) mass is 508 g/mol. The van der Waals surface area contributed by atoms with E-state index in [0.29, 0.717) is 23.8 Å². The van der Waals surface area contributed by atoms with Crippen molar-refractivity contribution in [1.82, 2.24) is 0 Å². The van der Waals surface area contributed by atoms with Crippen LogP contribution in [-0.2, 0) is 9.53 Å². The van der Waals surface area contributed by atoms with E-state index < -0.39 is 0 Å². The number of carbonyl (C=O) groups is 1. The van der Waals surface area contributed by atoms with Gasteiger partial charge in [0.05, 0.1) is 6.61 Å². The Balaban J connectivity index is 1.32. The highest BCUT2D eigenvalue weighted by molar-refractivity contribution is 9.12. The van der Waals surface area contributed by atoms with Crippen LogP contribution in [0.4, 0.5) is 0 Å². The summed E-state index contributed by atoms with van der Waals surface area (Å²) in [5, 5.41) is 0. The topological polar surface area (TPSA) is 44.8 Å². The minimum atomic E-state index is -0.349. The second kappa shape index (κ2) is 8.50. The van der Waals surface area contributed by atoms with Crippen molar-refractivity contribution in [2.24, 2.45) is 23.7 Å². The summed E-state index contributed by atoms with van der Waals surface area (Å²) in [7, 11) is 0. The fraction of sp³-hybridized carbons (Fsp3) is 0.464. The molecule has 4 fully saturated rings. The van der Waals surface area contributed by atoms with Crippen molar-refractivity contribution < 1.29 is 19.0 Å². The number of fused-ring (bicyclic) bond motifs is 1. The highest BCUT2D eigenvalue weighted by Crippen LogP contribution is 2.62. The Kier molecular flexibility index (Phi) is 5.48. The third kappa shape index (κ3) is 3.88. The Morgan fingerprint density at radius 3 is 2.36 bits per heavy atom. The van der Waals surface area contributed by atoms with Crippen LogP contribution in [0.2, 0.25) is 0 Å². The van der Waals surface area contributed by atoms with E-state index in [1.807, 2.05) is 12.1 Å². The predicted molar refractivity (Wildman–Crippen MR) is 131 cm³/mol. The Labute approximate surface area is 203 Å². The number of benzene rings is 2. The molecule has 0 radical (unpaired) electrons. The van der Waals surface area contributed by atoms with E-state index in [1.165, 1.54) is 43.2 Å². The highest BCUT2D eigenvalue weighted by Gasteiger charge is 2.49. The van der Waals surface area contributed by atoms with E-state index in [2.05, 4.69) is 40.2 Å². The molecule has 5 heteroatoms. The Morgan fingerprint density at radius 1 is 1.00 bits per heavy atom. The van der Waals surface area contributed by atoms with Crippen LogP contribution < -0.4 is 9.47 Å². The van der Waals surface area contributed by atoms with E-state index in [1.54, 1.807) is 13.0 Å². The van der Waals surface area contributed by atoms with Crippen molar-refractivity contribution in [3.63, 3.8) is 0 Å². The molecular weight excluding hydrogens is 480 g/mol. The minimum Gasteiger partial charge on any atom is -0.462 e. The number of ether oxygens (including phenoxy) is 3. The fourth-order valence-corrected chi connectivity index (χ4v) is 7.44. The summed E-state index contributed by atoms with van der Waals surface area (Å²) in [5.74, 6) is 5.58. The molecule has 1 aliphatic heterocycles. The van der Waals surface area contributed by atoms with Gasteiger partial charge in [-0.05, 0) is 119 Å².